The molecule has 0 unspecified atom stereocenters. The van der Waals surface area contributed by atoms with Crippen molar-refractivity contribution in [3.63, 3.8) is 0 Å². The molecule has 2 aromatic rings. The van der Waals surface area contributed by atoms with Gasteiger partial charge >= 0.3 is 0 Å². The van der Waals surface area contributed by atoms with Crippen LogP contribution >= 0.6 is 35.3 Å². The first-order valence-corrected chi connectivity index (χ1v) is 10.1. The van der Waals surface area contributed by atoms with Crippen molar-refractivity contribution in [2.45, 2.75) is 19.4 Å². The first kappa shape index (κ1) is 20.1. The number of hydrogen-bond donors (Lipinski definition) is 1. The molecule has 2 aliphatic rings. The second-order valence-corrected chi connectivity index (χ2v) is 7.55. The average Bonchev–Trinajstić information content (AvgIpc) is 3.40. The van der Waals surface area contributed by atoms with Crippen molar-refractivity contribution in [1.29, 1.82) is 0 Å². The summed E-state index contributed by atoms with van der Waals surface area (Å²) in [5, 5.41) is 3.11. The first-order valence-electron chi connectivity index (χ1n) is 9.19. The molecule has 2 aromatic heterocycles. The van der Waals surface area contributed by atoms with Gasteiger partial charge in [0.25, 0.3) is 0 Å². The molecule has 0 bridgehead atoms. The van der Waals surface area contributed by atoms with Crippen LogP contribution in [-0.4, -0.2) is 60.1 Å². The van der Waals surface area contributed by atoms with Gasteiger partial charge in [-0.25, -0.2) is 15.0 Å². The minimum atomic E-state index is 0. The van der Waals surface area contributed by atoms with Crippen LogP contribution in [0.5, 0.6) is 0 Å². The van der Waals surface area contributed by atoms with Gasteiger partial charge in [-0.2, -0.15) is 0 Å². The third-order valence-electron chi connectivity index (χ3n) is 4.96. The second kappa shape index (κ2) is 9.54. The van der Waals surface area contributed by atoms with Crippen molar-refractivity contribution in [2.24, 2.45) is 10.7 Å². The van der Waals surface area contributed by atoms with Crippen molar-refractivity contribution in [1.82, 2.24) is 14.9 Å². The highest BCUT2D eigenvalue weighted by molar-refractivity contribution is 14.0. The summed E-state index contributed by atoms with van der Waals surface area (Å²) in [4.78, 5) is 20.3. The average molecular weight is 499 g/mol. The molecule has 2 saturated heterocycles. The van der Waals surface area contributed by atoms with E-state index in [0.717, 1.165) is 55.8 Å². The molecule has 7 nitrogen and oxygen atoms in total. The molecular formula is C18H26IN7S. The van der Waals surface area contributed by atoms with E-state index >= 15 is 0 Å². The molecule has 0 aliphatic carbocycles. The molecule has 9 heteroatoms. The predicted molar refractivity (Wildman–Crippen MR) is 122 cm³/mol. The summed E-state index contributed by atoms with van der Waals surface area (Å²) in [6.07, 6.45) is 6.24. The van der Waals surface area contributed by atoms with Gasteiger partial charge < -0.3 is 20.4 Å². The van der Waals surface area contributed by atoms with Gasteiger partial charge in [0.05, 0.1) is 6.54 Å². The smallest absolute Gasteiger partial charge is 0.191 e. The van der Waals surface area contributed by atoms with Crippen LogP contribution < -0.4 is 15.5 Å². The van der Waals surface area contributed by atoms with Crippen LogP contribution in [0.25, 0.3) is 0 Å². The van der Waals surface area contributed by atoms with Crippen LogP contribution in [0.3, 0.4) is 0 Å². The van der Waals surface area contributed by atoms with E-state index in [0.29, 0.717) is 12.5 Å². The molecule has 0 radical (unpaired) electrons. The molecule has 27 heavy (non-hydrogen) atoms. The van der Waals surface area contributed by atoms with Crippen LogP contribution in [0.1, 0.15) is 18.4 Å². The molecule has 2 fully saturated rings. The molecule has 146 valence electrons. The zero-order valence-corrected chi connectivity index (χ0v) is 18.5. The highest BCUT2D eigenvalue weighted by Crippen LogP contribution is 2.20. The second-order valence-electron chi connectivity index (χ2n) is 6.68. The van der Waals surface area contributed by atoms with E-state index in [9.17, 15) is 0 Å². The molecule has 4 heterocycles. The Kier molecular flexibility index (Phi) is 7.11. The van der Waals surface area contributed by atoms with Gasteiger partial charge in [-0.1, -0.05) is 0 Å². The van der Waals surface area contributed by atoms with E-state index in [4.69, 9.17) is 5.73 Å². The molecular weight excluding hydrogens is 473 g/mol. The minimum absolute atomic E-state index is 0. The van der Waals surface area contributed by atoms with Crippen molar-refractivity contribution < 1.29 is 0 Å². The van der Waals surface area contributed by atoms with Gasteiger partial charge in [0.15, 0.2) is 11.1 Å². The fourth-order valence-electron chi connectivity index (χ4n) is 3.45. The number of thiazole rings is 1. The lowest BCUT2D eigenvalue weighted by atomic mass is 10.2. The van der Waals surface area contributed by atoms with Crippen molar-refractivity contribution in [3.8, 4) is 0 Å². The van der Waals surface area contributed by atoms with E-state index in [1.54, 1.807) is 11.3 Å². The van der Waals surface area contributed by atoms with Crippen molar-refractivity contribution >= 4 is 52.2 Å². The molecule has 2 N–H and O–H groups in total. The van der Waals surface area contributed by atoms with E-state index in [1.807, 2.05) is 23.8 Å². The van der Waals surface area contributed by atoms with Gasteiger partial charge in [0.2, 0.25) is 0 Å². The quantitative estimate of drug-likeness (QED) is 0.396. The van der Waals surface area contributed by atoms with E-state index in [-0.39, 0.29) is 24.0 Å². The van der Waals surface area contributed by atoms with Crippen LogP contribution in [0.4, 0.5) is 10.9 Å². The van der Waals surface area contributed by atoms with Crippen LogP contribution in [0, 0.1) is 0 Å². The van der Waals surface area contributed by atoms with Gasteiger partial charge in [0.1, 0.15) is 5.82 Å². The normalized spacial score (nSPS) is 17.9. The van der Waals surface area contributed by atoms with Crippen molar-refractivity contribution in [3.05, 3.63) is 35.5 Å². The maximum atomic E-state index is 6.24. The Morgan fingerprint density at radius 2 is 1.81 bits per heavy atom. The number of aliphatic imine (C=N–C) groups is 1. The molecule has 0 spiro atoms. The van der Waals surface area contributed by atoms with E-state index in [2.05, 4.69) is 35.7 Å². The Hall–Kier alpha value is -1.62. The van der Waals surface area contributed by atoms with Gasteiger partial charge in [0, 0.05) is 57.0 Å². The maximum absolute atomic E-state index is 6.24. The molecule has 0 atom stereocenters. The maximum Gasteiger partial charge on any atom is 0.191 e. The summed E-state index contributed by atoms with van der Waals surface area (Å²) in [6, 6.07) is 4.17. The monoisotopic (exact) mass is 499 g/mol. The number of anilines is 2. The topological polar surface area (TPSA) is 73.9 Å². The minimum Gasteiger partial charge on any atom is -0.370 e. The van der Waals surface area contributed by atoms with E-state index < -0.39 is 0 Å². The number of piperazine rings is 1. The van der Waals surface area contributed by atoms with Crippen LogP contribution in [-0.2, 0) is 6.54 Å². The van der Waals surface area contributed by atoms with Crippen LogP contribution in [0.2, 0.25) is 0 Å². The number of aromatic nitrogens is 2. The highest BCUT2D eigenvalue weighted by atomic mass is 127. The summed E-state index contributed by atoms with van der Waals surface area (Å²) >= 11 is 1.68. The lowest BCUT2D eigenvalue weighted by Gasteiger charge is -2.35. The summed E-state index contributed by atoms with van der Waals surface area (Å²) in [5.74, 6) is 1.69. The molecule has 4 rings (SSSR count). The molecule has 0 saturated carbocycles. The van der Waals surface area contributed by atoms with Crippen LogP contribution in [0.15, 0.2) is 34.9 Å². The number of nitrogens with zero attached hydrogens (tertiary/aromatic N) is 6. The van der Waals surface area contributed by atoms with Crippen molar-refractivity contribution in [2.75, 3.05) is 49.1 Å². The Morgan fingerprint density at radius 3 is 2.52 bits per heavy atom. The van der Waals surface area contributed by atoms with E-state index in [1.165, 1.54) is 12.8 Å². The summed E-state index contributed by atoms with van der Waals surface area (Å²) < 4.78 is 0. The third kappa shape index (κ3) is 5.01. The highest BCUT2D eigenvalue weighted by Gasteiger charge is 2.20. The Labute approximate surface area is 181 Å². The number of halogens is 1. The zero-order chi connectivity index (χ0) is 17.8. The number of nitrogens with two attached hydrogens (primary N) is 1. The van der Waals surface area contributed by atoms with Gasteiger partial charge in [-0.3, -0.25) is 0 Å². The number of pyridine rings is 1. The molecule has 0 amide bonds. The largest absolute Gasteiger partial charge is 0.370 e. The standard InChI is InChI=1S/C18H25N7S.HI/c19-17(24-8-10-25(11-9-24)18-21-5-12-26-18)22-14-15-3-4-20-16(13-15)23-6-1-2-7-23;/h3-5,12-13H,1-2,6-11,14H2,(H2,19,22);1H. The lowest BCUT2D eigenvalue weighted by molar-refractivity contribution is 0.380. The number of rotatable bonds is 4. The fraction of sp³-hybridized carbons (Fsp3) is 0.500. The molecule has 2 aliphatic heterocycles. The fourth-order valence-corrected chi connectivity index (χ4v) is 4.15. The lowest BCUT2D eigenvalue weighted by Crippen LogP contribution is -2.51. The Balaban J connectivity index is 0.00000210. The summed E-state index contributed by atoms with van der Waals surface area (Å²) in [6.45, 7) is 6.42. The SMILES string of the molecule is I.NC(=NCc1ccnc(N2CCCC2)c1)N1CCN(c2nccs2)CC1. The summed E-state index contributed by atoms with van der Waals surface area (Å²) in [5.41, 5.74) is 7.40. The summed E-state index contributed by atoms with van der Waals surface area (Å²) in [7, 11) is 0. The Morgan fingerprint density at radius 1 is 1.04 bits per heavy atom. The van der Waals surface area contributed by atoms with Gasteiger partial charge in [-0.05, 0) is 30.5 Å². The third-order valence-corrected chi connectivity index (χ3v) is 5.79. The first-order chi connectivity index (χ1) is 12.8. The molecule has 0 aromatic carbocycles. The number of guanidine groups is 1. The predicted octanol–water partition coefficient (Wildman–Crippen LogP) is 2.39. The zero-order valence-electron chi connectivity index (χ0n) is 15.3. The number of hydrogen-bond acceptors (Lipinski definition) is 6. The van der Waals surface area contributed by atoms with Gasteiger partial charge in [-0.15, -0.1) is 35.3 Å². The Bertz CT molecular complexity index is 738.